The third-order valence-corrected chi connectivity index (χ3v) is 4.10. The minimum atomic E-state index is -0.482. The van der Waals surface area contributed by atoms with Gasteiger partial charge in [-0.25, -0.2) is 4.79 Å². The molecule has 2 rings (SSSR count). The normalized spacial score (nSPS) is 15.2. The predicted octanol–water partition coefficient (Wildman–Crippen LogP) is 3.58. The van der Waals surface area contributed by atoms with Gasteiger partial charge >= 0.3 is 6.09 Å². The number of thiophene rings is 1. The number of rotatable bonds is 2. The van der Waals surface area contributed by atoms with E-state index < -0.39 is 5.60 Å². The van der Waals surface area contributed by atoms with E-state index in [1.54, 1.807) is 11.8 Å². The van der Waals surface area contributed by atoms with Gasteiger partial charge in [-0.2, -0.15) is 0 Å². The second-order valence-corrected chi connectivity index (χ2v) is 6.89. The van der Waals surface area contributed by atoms with Crippen molar-refractivity contribution in [2.24, 2.45) is 0 Å². The number of carbonyl (C=O) groups is 2. The molecule has 0 bridgehead atoms. The maximum absolute atomic E-state index is 12.0. The van der Waals surface area contributed by atoms with Gasteiger partial charge in [0.05, 0.1) is 11.4 Å². The Labute approximate surface area is 123 Å². The molecule has 0 radical (unpaired) electrons. The summed E-state index contributed by atoms with van der Waals surface area (Å²) in [5.74, 6) is 0.0730. The summed E-state index contributed by atoms with van der Waals surface area (Å²) >= 11 is 1.47. The fourth-order valence-electron chi connectivity index (χ4n) is 1.90. The Hall–Kier alpha value is -1.62. The second-order valence-electron chi connectivity index (χ2n) is 5.81. The number of ketones is 1. The summed E-state index contributed by atoms with van der Waals surface area (Å²) in [5.41, 5.74) is 0.596. The van der Waals surface area contributed by atoms with Crippen LogP contribution in [-0.2, 0) is 4.74 Å². The Kier molecular flexibility index (Phi) is 3.99. The molecular weight excluding hydrogens is 274 g/mol. The molecule has 1 aliphatic rings. The Bertz CT molecular complexity index is 566. The van der Waals surface area contributed by atoms with Crippen LogP contribution >= 0.6 is 11.3 Å². The van der Waals surface area contributed by atoms with E-state index in [1.165, 1.54) is 11.3 Å². The standard InChI is InChI=1S/C15H19NO3S/c1-10(17)12-5-6-13(20-12)11-7-8-16(9-11)14(18)19-15(2,3)4/h5-7H,8-9H2,1-4H3. The molecule has 0 fully saturated rings. The lowest BCUT2D eigenvalue weighted by Gasteiger charge is -2.24. The van der Waals surface area contributed by atoms with Gasteiger partial charge in [-0.05, 0) is 45.4 Å². The molecule has 2 heterocycles. The molecule has 0 aromatic carbocycles. The second kappa shape index (κ2) is 5.40. The minimum absolute atomic E-state index is 0.0730. The lowest BCUT2D eigenvalue weighted by molar-refractivity contribution is 0.0306. The van der Waals surface area contributed by atoms with E-state index in [0.717, 1.165) is 15.3 Å². The number of Topliss-reactive ketones (excluding diaryl/α,β-unsaturated/α-hetero) is 1. The third-order valence-electron chi connectivity index (χ3n) is 2.84. The van der Waals surface area contributed by atoms with Crippen molar-refractivity contribution >= 4 is 28.8 Å². The van der Waals surface area contributed by atoms with Crippen molar-refractivity contribution in [3.63, 3.8) is 0 Å². The SMILES string of the molecule is CC(=O)c1ccc(C2=CCN(C(=O)OC(C)(C)C)C2)s1. The molecule has 0 saturated carbocycles. The van der Waals surface area contributed by atoms with Crippen LogP contribution in [-0.4, -0.2) is 35.5 Å². The van der Waals surface area contributed by atoms with Crippen molar-refractivity contribution in [1.29, 1.82) is 0 Å². The average molecular weight is 293 g/mol. The number of amides is 1. The molecule has 4 nitrogen and oxygen atoms in total. The van der Waals surface area contributed by atoms with Crippen molar-refractivity contribution in [2.75, 3.05) is 13.1 Å². The summed E-state index contributed by atoms with van der Waals surface area (Å²) in [6.45, 7) is 8.21. The lowest BCUT2D eigenvalue weighted by atomic mass is 10.2. The largest absolute Gasteiger partial charge is 0.444 e. The van der Waals surface area contributed by atoms with Crippen molar-refractivity contribution in [3.05, 3.63) is 28.0 Å². The highest BCUT2D eigenvalue weighted by Gasteiger charge is 2.26. The van der Waals surface area contributed by atoms with Crippen molar-refractivity contribution < 1.29 is 14.3 Å². The predicted molar refractivity (Wildman–Crippen MR) is 80.1 cm³/mol. The van der Waals surface area contributed by atoms with Crippen LogP contribution in [0.25, 0.3) is 5.57 Å². The van der Waals surface area contributed by atoms with Crippen LogP contribution in [0.15, 0.2) is 18.2 Å². The fraction of sp³-hybridized carbons (Fsp3) is 0.467. The first-order valence-corrected chi connectivity index (χ1v) is 7.36. The van der Waals surface area contributed by atoms with Gasteiger partial charge in [0, 0.05) is 11.4 Å². The van der Waals surface area contributed by atoms with Gasteiger partial charge in [0.1, 0.15) is 5.60 Å². The number of nitrogens with zero attached hydrogens (tertiary/aromatic N) is 1. The summed E-state index contributed by atoms with van der Waals surface area (Å²) in [5, 5.41) is 0. The molecule has 0 N–H and O–H groups in total. The molecule has 0 spiro atoms. The molecule has 1 aromatic heterocycles. The topological polar surface area (TPSA) is 46.6 Å². The Balaban J connectivity index is 2.01. The maximum atomic E-state index is 12.0. The molecule has 1 amide bonds. The van der Waals surface area contributed by atoms with Crippen LogP contribution in [0.4, 0.5) is 4.79 Å². The van der Waals surface area contributed by atoms with Crippen LogP contribution in [0.3, 0.4) is 0 Å². The number of hydrogen-bond acceptors (Lipinski definition) is 4. The summed E-state index contributed by atoms with van der Waals surface area (Å²) in [7, 11) is 0. The summed E-state index contributed by atoms with van der Waals surface area (Å²) in [6, 6.07) is 3.77. The van der Waals surface area contributed by atoms with Crippen LogP contribution in [0.2, 0.25) is 0 Å². The molecule has 0 aliphatic carbocycles. The molecule has 20 heavy (non-hydrogen) atoms. The van der Waals surface area contributed by atoms with E-state index in [0.29, 0.717) is 13.1 Å². The average Bonchev–Trinajstić information content (AvgIpc) is 2.95. The van der Waals surface area contributed by atoms with Gasteiger partial charge in [-0.1, -0.05) is 6.08 Å². The monoisotopic (exact) mass is 293 g/mol. The van der Waals surface area contributed by atoms with Crippen molar-refractivity contribution in [2.45, 2.75) is 33.3 Å². The van der Waals surface area contributed by atoms with E-state index in [1.807, 2.05) is 39.0 Å². The Morgan fingerprint density at radius 2 is 2.00 bits per heavy atom. The zero-order valence-electron chi connectivity index (χ0n) is 12.2. The van der Waals surface area contributed by atoms with Crippen LogP contribution < -0.4 is 0 Å². The third kappa shape index (κ3) is 3.48. The number of ether oxygens (including phenoxy) is 1. The first kappa shape index (κ1) is 14.8. The summed E-state index contributed by atoms with van der Waals surface area (Å²) in [4.78, 5) is 26.7. The Morgan fingerprint density at radius 1 is 1.30 bits per heavy atom. The first-order chi connectivity index (χ1) is 9.26. The van der Waals surface area contributed by atoms with Crippen molar-refractivity contribution in [1.82, 2.24) is 4.90 Å². The molecule has 0 unspecified atom stereocenters. The molecule has 0 saturated heterocycles. The molecular formula is C15H19NO3S. The zero-order valence-corrected chi connectivity index (χ0v) is 13.0. The summed E-state index contributed by atoms with van der Waals surface area (Å²) in [6.07, 6.45) is 1.71. The van der Waals surface area contributed by atoms with Gasteiger partial charge in [-0.3, -0.25) is 4.79 Å². The van der Waals surface area contributed by atoms with Gasteiger partial charge in [0.2, 0.25) is 0 Å². The molecule has 1 aromatic rings. The Morgan fingerprint density at radius 3 is 2.55 bits per heavy atom. The van der Waals surface area contributed by atoms with Gasteiger partial charge < -0.3 is 9.64 Å². The zero-order chi connectivity index (χ0) is 14.9. The van der Waals surface area contributed by atoms with E-state index in [9.17, 15) is 9.59 Å². The smallest absolute Gasteiger partial charge is 0.410 e. The van der Waals surface area contributed by atoms with E-state index in [4.69, 9.17) is 4.74 Å². The van der Waals surface area contributed by atoms with Gasteiger partial charge in [-0.15, -0.1) is 11.3 Å². The molecule has 1 aliphatic heterocycles. The molecule has 5 heteroatoms. The van der Waals surface area contributed by atoms with Crippen molar-refractivity contribution in [3.8, 4) is 0 Å². The van der Waals surface area contributed by atoms with E-state index >= 15 is 0 Å². The fourth-order valence-corrected chi connectivity index (χ4v) is 2.83. The van der Waals surface area contributed by atoms with Gasteiger partial charge in [0.15, 0.2) is 5.78 Å². The highest BCUT2D eigenvalue weighted by atomic mass is 32.1. The van der Waals surface area contributed by atoms with Gasteiger partial charge in [0.25, 0.3) is 0 Å². The molecule has 0 atom stereocenters. The first-order valence-electron chi connectivity index (χ1n) is 6.54. The van der Waals surface area contributed by atoms with Crippen LogP contribution in [0.5, 0.6) is 0 Å². The van der Waals surface area contributed by atoms with E-state index in [-0.39, 0.29) is 11.9 Å². The highest BCUT2D eigenvalue weighted by molar-refractivity contribution is 7.15. The van der Waals surface area contributed by atoms with Crippen LogP contribution in [0, 0.1) is 0 Å². The lowest BCUT2D eigenvalue weighted by Crippen LogP contribution is -2.35. The number of carbonyl (C=O) groups excluding carboxylic acids is 2. The van der Waals surface area contributed by atoms with E-state index in [2.05, 4.69) is 0 Å². The maximum Gasteiger partial charge on any atom is 0.410 e. The summed E-state index contributed by atoms with van der Waals surface area (Å²) < 4.78 is 5.35. The van der Waals surface area contributed by atoms with Crippen LogP contribution in [0.1, 0.15) is 42.2 Å². The highest BCUT2D eigenvalue weighted by Crippen LogP contribution is 2.28. The minimum Gasteiger partial charge on any atom is -0.444 e. The number of hydrogen-bond donors (Lipinski definition) is 0. The quantitative estimate of drug-likeness (QED) is 0.783. The molecule has 108 valence electrons.